The number of rotatable bonds is 3. The Balaban J connectivity index is 1.74. The minimum Gasteiger partial charge on any atom is -0.484 e. The second-order valence-electron chi connectivity index (χ2n) is 6.73. The number of benzene rings is 3. The van der Waals surface area contributed by atoms with Crippen LogP contribution in [0.25, 0.3) is 10.8 Å². The third kappa shape index (κ3) is 3.15. The van der Waals surface area contributed by atoms with Gasteiger partial charge in [0, 0.05) is 24.3 Å². The van der Waals surface area contributed by atoms with Crippen molar-refractivity contribution in [3.63, 3.8) is 0 Å². The lowest BCUT2D eigenvalue weighted by Gasteiger charge is -2.32. The second kappa shape index (κ2) is 6.87. The fourth-order valence-corrected chi connectivity index (χ4v) is 3.62. The SMILES string of the molecule is COCc1ccc2c3c(ccc2c1)O[C@H](c1cc(F)c(F)cc1F)[C@@H](N)C3. The van der Waals surface area contributed by atoms with E-state index in [4.69, 9.17) is 15.2 Å². The van der Waals surface area contributed by atoms with Crippen molar-refractivity contribution < 1.29 is 22.6 Å². The van der Waals surface area contributed by atoms with Crippen LogP contribution in [-0.4, -0.2) is 13.2 Å². The molecule has 4 rings (SSSR count). The van der Waals surface area contributed by atoms with E-state index >= 15 is 0 Å². The van der Waals surface area contributed by atoms with Crippen LogP contribution in [-0.2, 0) is 17.8 Å². The Bertz CT molecular complexity index is 1020. The maximum absolute atomic E-state index is 14.2. The van der Waals surface area contributed by atoms with Gasteiger partial charge >= 0.3 is 0 Å². The largest absolute Gasteiger partial charge is 0.484 e. The van der Waals surface area contributed by atoms with Crippen LogP contribution in [0.15, 0.2) is 42.5 Å². The lowest BCUT2D eigenvalue weighted by molar-refractivity contribution is 0.149. The van der Waals surface area contributed by atoms with Crippen LogP contribution in [0.2, 0.25) is 0 Å². The van der Waals surface area contributed by atoms with Crippen LogP contribution in [0.5, 0.6) is 5.75 Å². The molecule has 0 fully saturated rings. The van der Waals surface area contributed by atoms with Gasteiger partial charge in [0.15, 0.2) is 11.6 Å². The molecule has 0 saturated heterocycles. The van der Waals surface area contributed by atoms with Gasteiger partial charge < -0.3 is 15.2 Å². The molecule has 0 radical (unpaired) electrons. The fraction of sp³-hybridized carbons (Fsp3) is 0.238. The van der Waals surface area contributed by atoms with E-state index in [9.17, 15) is 13.2 Å². The predicted molar refractivity (Wildman–Crippen MR) is 96.0 cm³/mol. The summed E-state index contributed by atoms with van der Waals surface area (Å²) < 4.78 is 52.1. The molecular formula is C21H18F3NO2. The number of halogens is 3. The molecule has 0 amide bonds. The molecule has 27 heavy (non-hydrogen) atoms. The van der Waals surface area contributed by atoms with Gasteiger partial charge in [0.1, 0.15) is 17.7 Å². The highest BCUT2D eigenvalue weighted by Gasteiger charge is 2.32. The highest BCUT2D eigenvalue weighted by molar-refractivity contribution is 5.88. The summed E-state index contributed by atoms with van der Waals surface area (Å²) in [6.45, 7) is 0.514. The molecule has 1 aliphatic rings. The zero-order chi connectivity index (χ0) is 19.1. The Morgan fingerprint density at radius 3 is 2.59 bits per heavy atom. The number of hydrogen-bond acceptors (Lipinski definition) is 3. The summed E-state index contributed by atoms with van der Waals surface area (Å²) in [5, 5.41) is 2.02. The van der Waals surface area contributed by atoms with Crippen molar-refractivity contribution in [1.82, 2.24) is 0 Å². The van der Waals surface area contributed by atoms with Crippen molar-refractivity contribution in [3.05, 3.63) is 76.6 Å². The molecule has 3 aromatic rings. The summed E-state index contributed by atoms with van der Waals surface area (Å²) in [6.07, 6.45) is -0.461. The summed E-state index contributed by atoms with van der Waals surface area (Å²) in [5.74, 6) is -2.67. The third-order valence-corrected chi connectivity index (χ3v) is 4.89. The maximum atomic E-state index is 14.2. The molecule has 0 unspecified atom stereocenters. The van der Waals surface area contributed by atoms with Crippen molar-refractivity contribution >= 4 is 10.8 Å². The highest BCUT2D eigenvalue weighted by atomic mass is 19.2. The van der Waals surface area contributed by atoms with Gasteiger partial charge in [-0.15, -0.1) is 0 Å². The molecule has 3 aromatic carbocycles. The number of ether oxygens (including phenoxy) is 2. The highest BCUT2D eigenvalue weighted by Crippen LogP contribution is 2.39. The van der Waals surface area contributed by atoms with Crippen molar-refractivity contribution in [2.45, 2.75) is 25.2 Å². The zero-order valence-corrected chi connectivity index (χ0v) is 14.6. The Hall–Kier alpha value is -2.57. The Labute approximate surface area is 154 Å². The number of nitrogens with two attached hydrogens (primary N) is 1. The molecule has 2 N–H and O–H groups in total. The second-order valence-corrected chi connectivity index (χ2v) is 6.73. The average Bonchev–Trinajstić information content (AvgIpc) is 2.64. The summed E-state index contributed by atoms with van der Waals surface area (Å²) >= 11 is 0. The van der Waals surface area contributed by atoms with E-state index in [0.29, 0.717) is 24.8 Å². The summed E-state index contributed by atoms with van der Waals surface area (Å²) in [5.41, 5.74) is 8.11. The van der Waals surface area contributed by atoms with E-state index in [0.717, 1.165) is 28.0 Å². The summed E-state index contributed by atoms with van der Waals surface area (Å²) in [6, 6.07) is 10.4. The molecule has 3 nitrogen and oxygen atoms in total. The molecule has 140 valence electrons. The smallest absolute Gasteiger partial charge is 0.161 e. The molecular weight excluding hydrogens is 355 g/mol. The number of hydrogen-bond donors (Lipinski definition) is 1. The molecule has 2 atom stereocenters. The fourth-order valence-electron chi connectivity index (χ4n) is 3.62. The van der Waals surface area contributed by atoms with Gasteiger partial charge in [-0.25, -0.2) is 13.2 Å². The van der Waals surface area contributed by atoms with E-state index in [1.807, 2.05) is 24.3 Å². The number of methoxy groups -OCH3 is 1. The normalized spacial score (nSPS) is 19.0. The predicted octanol–water partition coefficient (Wildman–Crippen LogP) is 4.41. The molecule has 0 aliphatic carbocycles. The van der Waals surface area contributed by atoms with Gasteiger partial charge in [-0.2, -0.15) is 0 Å². The van der Waals surface area contributed by atoms with Crippen molar-refractivity contribution in [2.75, 3.05) is 7.11 Å². The standard InChI is InChI=1S/C21H18F3NO2/c1-26-10-11-2-4-13-12(6-11)3-5-20-14(13)8-19(25)21(27-20)15-7-17(23)18(24)9-16(15)22/h2-7,9,19,21H,8,10,25H2,1H3/t19-,21+/m0/s1. The monoisotopic (exact) mass is 373 g/mol. The van der Waals surface area contributed by atoms with Crippen LogP contribution in [0.1, 0.15) is 22.8 Å². The molecule has 0 saturated carbocycles. The van der Waals surface area contributed by atoms with E-state index in [2.05, 4.69) is 0 Å². The van der Waals surface area contributed by atoms with Gasteiger partial charge in [0.2, 0.25) is 0 Å². The van der Waals surface area contributed by atoms with Gasteiger partial charge in [-0.1, -0.05) is 18.2 Å². The van der Waals surface area contributed by atoms with Gasteiger partial charge in [0.05, 0.1) is 12.6 Å². The van der Waals surface area contributed by atoms with Gasteiger partial charge in [-0.05, 0) is 41.0 Å². The van der Waals surface area contributed by atoms with Gasteiger partial charge in [0.25, 0.3) is 0 Å². The minimum atomic E-state index is -1.24. The first-order valence-corrected chi connectivity index (χ1v) is 8.58. The van der Waals surface area contributed by atoms with Crippen LogP contribution < -0.4 is 10.5 Å². The van der Waals surface area contributed by atoms with Crippen LogP contribution in [0.4, 0.5) is 13.2 Å². The van der Waals surface area contributed by atoms with E-state index < -0.39 is 29.6 Å². The van der Waals surface area contributed by atoms with Crippen molar-refractivity contribution in [1.29, 1.82) is 0 Å². The Morgan fingerprint density at radius 1 is 1.04 bits per heavy atom. The molecule has 1 heterocycles. The lowest BCUT2D eigenvalue weighted by atomic mass is 9.89. The van der Waals surface area contributed by atoms with E-state index in [1.54, 1.807) is 13.2 Å². The first-order valence-electron chi connectivity index (χ1n) is 8.58. The molecule has 1 aliphatic heterocycles. The Morgan fingerprint density at radius 2 is 1.81 bits per heavy atom. The molecule has 0 aromatic heterocycles. The minimum absolute atomic E-state index is 0.0809. The zero-order valence-electron chi connectivity index (χ0n) is 14.6. The number of fused-ring (bicyclic) bond motifs is 3. The molecule has 0 bridgehead atoms. The van der Waals surface area contributed by atoms with E-state index in [-0.39, 0.29) is 5.56 Å². The van der Waals surface area contributed by atoms with Crippen molar-refractivity contribution in [3.8, 4) is 5.75 Å². The van der Waals surface area contributed by atoms with E-state index in [1.165, 1.54) is 0 Å². The first kappa shape index (κ1) is 17.8. The average molecular weight is 373 g/mol. The van der Waals surface area contributed by atoms with Crippen molar-refractivity contribution in [2.24, 2.45) is 5.73 Å². The Kier molecular flexibility index (Phi) is 4.53. The summed E-state index contributed by atoms with van der Waals surface area (Å²) in [4.78, 5) is 0. The first-order chi connectivity index (χ1) is 13.0. The van der Waals surface area contributed by atoms with Crippen LogP contribution >= 0.6 is 0 Å². The molecule has 0 spiro atoms. The molecule has 6 heteroatoms. The van der Waals surface area contributed by atoms with Crippen LogP contribution in [0.3, 0.4) is 0 Å². The third-order valence-electron chi connectivity index (χ3n) is 4.89. The lowest BCUT2D eigenvalue weighted by Crippen LogP contribution is -2.38. The topological polar surface area (TPSA) is 44.5 Å². The quantitative estimate of drug-likeness (QED) is 0.692. The maximum Gasteiger partial charge on any atom is 0.161 e. The van der Waals surface area contributed by atoms with Crippen LogP contribution in [0, 0.1) is 17.5 Å². The summed E-state index contributed by atoms with van der Waals surface area (Å²) in [7, 11) is 1.64. The van der Waals surface area contributed by atoms with Gasteiger partial charge in [-0.3, -0.25) is 0 Å².